The highest BCUT2D eigenvalue weighted by molar-refractivity contribution is 5.65. The van der Waals surface area contributed by atoms with Gasteiger partial charge < -0.3 is 0 Å². The molecule has 0 spiro atoms. The lowest BCUT2D eigenvalue weighted by molar-refractivity contribution is 0.113. The average Bonchev–Trinajstić information content (AvgIpc) is 2.79. The van der Waals surface area contributed by atoms with Crippen LogP contribution in [0.3, 0.4) is 0 Å². The van der Waals surface area contributed by atoms with Gasteiger partial charge in [-0.25, -0.2) is 8.78 Å². The number of hydrogen-bond acceptors (Lipinski definition) is 0. The number of benzene rings is 2. The molecule has 2 aliphatic rings. The Morgan fingerprint density at radius 2 is 1.44 bits per heavy atom. The molecule has 0 nitrogen and oxygen atoms in total. The topological polar surface area (TPSA) is 0 Å². The van der Waals surface area contributed by atoms with Gasteiger partial charge in [0.2, 0.25) is 0 Å². The van der Waals surface area contributed by atoms with Crippen molar-refractivity contribution in [2.75, 3.05) is 0 Å². The second-order valence-electron chi connectivity index (χ2n) is 10.6. The van der Waals surface area contributed by atoms with Crippen molar-refractivity contribution in [3.05, 3.63) is 59.2 Å². The van der Waals surface area contributed by atoms with Gasteiger partial charge in [-0.2, -0.15) is 0 Å². The third-order valence-electron chi connectivity index (χ3n) is 8.31. The number of rotatable bonds is 8. The minimum absolute atomic E-state index is 0.113. The third kappa shape index (κ3) is 5.61. The van der Waals surface area contributed by atoms with Crippen molar-refractivity contribution < 1.29 is 8.78 Å². The fourth-order valence-corrected chi connectivity index (χ4v) is 6.41. The first-order valence-electron chi connectivity index (χ1n) is 13.1. The highest BCUT2D eigenvalue weighted by Crippen LogP contribution is 2.49. The third-order valence-corrected chi connectivity index (χ3v) is 8.31. The van der Waals surface area contributed by atoms with Gasteiger partial charge in [-0.1, -0.05) is 81.7 Å². The molecule has 2 aliphatic carbocycles. The Morgan fingerprint density at radius 3 is 2.16 bits per heavy atom. The molecule has 0 amide bonds. The molecule has 174 valence electrons. The van der Waals surface area contributed by atoms with Crippen LogP contribution in [0, 0.1) is 36.3 Å². The van der Waals surface area contributed by atoms with E-state index in [2.05, 4.69) is 6.92 Å². The Hall–Kier alpha value is -1.70. The molecule has 0 heterocycles. The fraction of sp³-hybridized carbons (Fsp3) is 0.600. The van der Waals surface area contributed by atoms with Gasteiger partial charge in [-0.05, 0) is 86.0 Å². The summed E-state index contributed by atoms with van der Waals surface area (Å²) >= 11 is 0. The molecule has 0 aliphatic heterocycles. The second-order valence-corrected chi connectivity index (χ2v) is 10.6. The molecule has 4 atom stereocenters. The largest absolute Gasteiger partial charge is 0.206 e. The van der Waals surface area contributed by atoms with E-state index in [1.54, 1.807) is 12.1 Å². The molecular formula is C30H40F2. The molecule has 0 radical (unpaired) electrons. The predicted molar refractivity (Wildman–Crippen MR) is 131 cm³/mol. The maximum absolute atomic E-state index is 15.0. The van der Waals surface area contributed by atoms with Gasteiger partial charge in [0.25, 0.3) is 0 Å². The summed E-state index contributed by atoms with van der Waals surface area (Å²) in [6.45, 7) is 4.26. The quantitative estimate of drug-likeness (QED) is 0.360. The van der Waals surface area contributed by atoms with Gasteiger partial charge in [0.1, 0.15) is 11.6 Å². The van der Waals surface area contributed by atoms with E-state index in [1.807, 2.05) is 31.2 Å². The summed E-state index contributed by atoms with van der Waals surface area (Å²) in [7, 11) is 0. The van der Waals surface area contributed by atoms with Crippen molar-refractivity contribution in [2.24, 2.45) is 17.8 Å². The number of hydrogen-bond donors (Lipinski definition) is 0. The SMILES string of the molecule is CCCCCCCC1CC[C@@H]2C[C@H](c3cc(F)c(-c4ccc(C)cc4)c(F)c3)CC[C@@H]2C1. The van der Waals surface area contributed by atoms with Gasteiger partial charge in [0.15, 0.2) is 0 Å². The fourth-order valence-electron chi connectivity index (χ4n) is 6.41. The van der Waals surface area contributed by atoms with Crippen molar-refractivity contribution >= 4 is 0 Å². The Morgan fingerprint density at radius 1 is 0.781 bits per heavy atom. The molecule has 2 aromatic carbocycles. The monoisotopic (exact) mass is 438 g/mol. The zero-order valence-corrected chi connectivity index (χ0v) is 20.0. The van der Waals surface area contributed by atoms with Crippen LogP contribution in [0.1, 0.15) is 101 Å². The Bertz CT molecular complexity index is 846. The van der Waals surface area contributed by atoms with Crippen LogP contribution in [0.25, 0.3) is 11.1 Å². The van der Waals surface area contributed by atoms with Crippen molar-refractivity contribution in [3.63, 3.8) is 0 Å². The molecule has 0 aromatic heterocycles. The van der Waals surface area contributed by atoms with Gasteiger partial charge in [-0.15, -0.1) is 0 Å². The smallest absolute Gasteiger partial charge is 0.134 e. The van der Waals surface area contributed by atoms with E-state index in [9.17, 15) is 8.78 Å². The maximum atomic E-state index is 15.0. The average molecular weight is 439 g/mol. The Kier molecular flexibility index (Phi) is 8.02. The molecule has 0 saturated heterocycles. The maximum Gasteiger partial charge on any atom is 0.134 e. The van der Waals surface area contributed by atoms with Crippen molar-refractivity contribution in [3.8, 4) is 11.1 Å². The molecule has 32 heavy (non-hydrogen) atoms. The summed E-state index contributed by atoms with van der Waals surface area (Å²) < 4.78 is 30.0. The summed E-state index contributed by atoms with van der Waals surface area (Å²) in [6.07, 6.45) is 15.8. The zero-order valence-electron chi connectivity index (χ0n) is 20.0. The summed E-state index contributed by atoms with van der Waals surface area (Å²) in [5.41, 5.74) is 2.69. The lowest BCUT2D eigenvalue weighted by atomic mass is 9.63. The van der Waals surface area contributed by atoms with Crippen molar-refractivity contribution in [1.82, 2.24) is 0 Å². The van der Waals surface area contributed by atoms with Gasteiger partial charge >= 0.3 is 0 Å². The Labute approximate surface area is 193 Å². The predicted octanol–water partition coefficient (Wildman–Crippen LogP) is 9.60. The van der Waals surface area contributed by atoms with Crippen LogP contribution in [-0.2, 0) is 0 Å². The van der Waals surface area contributed by atoms with Gasteiger partial charge in [0.05, 0.1) is 5.56 Å². The van der Waals surface area contributed by atoms with E-state index in [1.165, 1.54) is 64.2 Å². The molecular weight excluding hydrogens is 398 g/mol. The number of fused-ring (bicyclic) bond motifs is 1. The lowest BCUT2D eigenvalue weighted by Gasteiger charge is -2.42. The first kappa shape index (κ1) is 23.5. The van der Waals surface area contributed by atoms with E-state index < -0.39 is 11.6 Å². The van der Waals surface area contributed by atoms with E-state index in [4.69, 9.17) is 0 Å². The van der Waals surface area contributed by atoms with Crippen LogP contribution in [0.2, 0.25) is 0 Å². The van der Waals surface area contributed by atoms with Crippen molar-refractivity contribution in [1.29, 1.82) is 0 Å². The highest BCUT2D eigenvalue weighted by atomic mass is 19.1. The lowest BCUT2D eigenvalue weighted by Crippen LogP contribution is -2.30. The summed E-state index contributed by atoms with van der Waals surface area (Å²) in [4.78, 5) is 0. The highest BCUT2D eigenvalue weighted by Gasteiger charge is 2.36. The summed E-state index contributed by atoms with van der Waals surface area (Å²) in [5.74, 6) is 1.96. The number of halogens is 2. The zero-order chi connectivity index (χ0) is 22.5. The van der Waals surface area contributed by atoms with E-state index in [-0.39, 0.29) is 5.56 Å². The second kappa shape index (κ2) is 10.9. The minimum atomic E-state index is -0.419. The standard InChI is InChI=1S/C30H40F2/c1-3-4-5-6-7-8-22-11-14-25-18-26(16-15-24(25)17-22)27-19-28(31)30(29(32)20-27)23-12-9-21(2)10-13-23/h9-10,12-13,19-20,22,24-26H,3-8,11,14-18H2,1-2H3/t22?,24-,25-,26-/m1/s1. The van der Waals surface area contributed by atoms with Crippen molar-refractivity contribution in [2.45, 2.75) is 96.8 Å². The molecule has 2 heteroatoms. The summed E-state index contributed by atoms with van der Waals surface area (Å²) in [5, 5.41) is 0. The summed E-state index contributed by atoms with van der Waals surface area (Å²) in [6, 6.07) is 10.7. The van der Waals surface area contributed by atoms with Gasteiger partial charge in [0, 0.05) is 0 Å². The first-order valence-corrected chi connectivity index (χ1v) is 13.1. The van der Waals surface area contributed by atoms with Crippen LogP contribution in [0.5, 0.6) is 0 Å². The minimum Gasteiger partial charge on any atom is -0.206 e. The number of unbranched alkanes of at least 4 members (excludes halogenated alkanes) is 4. The van der Waals surface area contributed by atoms with Crippen LogP contribution in [0.4, 0.5) is 8.78 Å². The van der Waals surface area contributed by atoms with E-state index in [0.717, 1.165) is 41.7 Å². The Balaban J connectivity index is 1.35. The molecule has 2 fully saturated rings. The molecule has 4 rings (SSSR count). The van der Waals surface area contributed by atoms with E-state index >= 15 is 0 Å². The molecule has 0 N–H and O–H groups in total. The van der Waals surface area contributed by atoms with E-state index in [0.29, 0.717) is 11.5 Å². The molecule has 1 unspecified atom stereocenters. The molecule has 2 aromatic rings. The van der Waals surface area contributed by atoms with Crippen LogP contribution in [-0.4, -0.2) is 0 Å². The van der Waals surface area contributed by atoms with Crippen LogP contribution in [0.15, 0.2) is 36.4 Å². The molecule has 0 bridgehead atoms. The normalized spacial score (nSPS) is 25.5. The van der Waals surface area contributed by atoms with Crippen LogP contribution < -0.4 is 0 Å². The first-order chi connectivity index (χ1) is 15.5. The molecule has 2 saturated carbocycles. The van der Waals surface area contributed by atoms with Gasteiger partial charge in [-0.3, -0.25) is 0 Å². The van der Waals surface area contributed by atoms with Crippen LogP contribution >= 0.6 is 0 Å². The number of aryl methyl sites for hydroxylation is 1.